The molecule has 0 aromatic carbocycles. The normalized spacial score (nSPS) is 32.4. The first-order valence-corrected chi connectivity index (χ1v) is 7.81. The first kappa shape index (κ1) is 14.8. The summed E-state index contributed by atoms with van der Waals surface area (Å²) in [5.74, 6) is 0.736. The quantitative estimate of drug-likeness (QED) is 0.748. The second-order valence-corrected chi connectivity index (χ2v) is 6.23. The zero-order valence-electron chi connectivity index (χ0n) is 12.1. The van der Waals surface area contributed by atoms with E-state index in [1.165, 1.54) is 25.7 Å². The van der Waals surface area contributed by atoms with Crippen molar-refractivity contribution in [2.75, 3.05) is 13.2 Å². The Bertz CT molecular complexity index is 290. The monoisotopic (exact) mass is 268 g/mol. The van der Waals surface area contributed by atoms with Crippen molar-refractivity contribution >= 4 is 5.91 Å². The Hall–Kier alpha value is -0.610. The summed E-state index contributed by atoms with van der Waals surface area (Å²) in [6, 6.07) is 0.282. The van der Waals surface area contributed by atoms with Gasteiger partial charge in [-0.15, -0.1) is 0 Å². The van der Waals surface area contributed by atoms with Gasteiger partial charge in [0.1, 0.15) is 0 Å². The summed E-state index contributed by atoms with van der Waals surface area (Å²) in [5, 5.41) is 3.02. The van der Waals surface area contributed by atoms with E-state index in [4.69, 9.17) is 10.5 Å². The van der Waals surface area contributed by atoms with Crippen LogP contribution in [0.1, 0.15) is 51.9 Å². The van der Waals surface area contributed by atoms with Gasteiger partial charge in [0.15, 0.2) is 0 Å². The lowest BCUT2D eigenvalue weighted by Gasteiger charge is -2.31. The van der Waals surface area contributed by atoms with Gasteiger partial charge in [0, 0.05) is 18.5 Å². The molecule has 3 N–H and O–H groups in total. The molecule has 0 radical (unpaired) electrons. The van der Waals surface area contributed by atoms with Crippen LogP contribution in [-0.2, 0) is 9.53 Å². The number of hydrogen-bond donors (Lipinski definition) is 2. The van der Waals surface area contributed by atoms with Crippen LogP contribution < -0.4 is 11.1 Å². The third kappa shape index (κ3) is 4.46. The molecule has 4 heteroatoms. The highest BCUT2D eigenvalue weighted by Crippen LogP contribution is 2.29. The van der Waals surface area contributed by atoms with Crippen LogP contribution in [0.15, 0.2) is 0 Å². The predicted molar refractivity (Wildman–Crippen MR) is 75.7 cm³/mol. The van der Waals surface area contributed by atoms with E-state index in [1.807, 2.05) is 0 Å². The molecule has 2 fully saturated rings. The number of nitrogens with one attached hydrogen (secondary N) is 1. The highest BCUT2D eigenvalue weighted by Gasteiger charge is 2.30. The third-order valence-corrected chi connectivity index (χ3v) is 4.60. The maximum absolute atomic E-state index is 12.1. The zero-order valence-corrected chi connectivity index (χ0v) is 12.1. The topological polar surface area (TPSA) is 64.4 Å². The van der Waals surface area contributed by atoms with Crippen LogP contribution in [0, 0.1) is 11.8 Å². The fourth-order valence-electron chi connectivity index (χ4n) is 3.41. The summed E-state index contributed by atoms with van der Waals surface area (Å²) in [4.78, 5) is 12.1. The molecule has 2 aliphatic rings. The highest BCUT2D eigenvalue weighted by atomic mass is 16.5. The minimum Gasteiger partial charge on any atom is -0.376 e. The van der Waals surface area contributed by atoms with E-state index in [2.05, 4.69) is 12.2 Å². The standard InChI is InChI=1S/C15H28N2O2/c1-11-10-12(16)6-7-14(11)15(18)17-8-9-19-13-4-2-3-5-13/h11-14H,2-10,16H2,1H3,(H,17,18). The minimum absolute atomic E-state index is 0.145. The summed E-state index contributed by atoms with van der Waals surface area (Å²) in [5.41, 5.74) is 5.93. The summed E-state index contributed by atoms with van der Waals surface area (Å²) in [6.07, 6.45) is 8.25. The van der Waals surface area contributed by atoms with Gasteiger partial charge in [-0.05, 0) is 38.0 Å². The Morgan fingerprint density at radius 2 is 2.00 bits per heavy atom. The van der Waals surface area contributed by atoms with Gasteiger partial charge in [-0.3, -0.25) is 4.79 Å². The molecule has 2 saturated carbocycles. The Labute approximate surface area is 116 Å². The van der Waals surface area contributed by atoms with Crippen molar-refractivity contribution in [2.24, 2.45) is 17.6 Å². The molecule has 0 aliphatic heterocycles. The van der Waals surface area contributed by atoms with Gasteiger partial charge in [-0.1, -0.05) is 19.8 Å². The molecule has 1 amide bonds. The van der Waals surface area contributed by atoms with Crippen molar-refractivity contribution in [3.63, 3.8) is 0 Å². The lowest BCUT2D eigenvalue weighted by atomic mass is 9.78. The molecule has 0 saturated heterocycles. The largest absolute Gasteiger partial charge is 0.376 e. The van der Waals surface area contributed by atoms with Crippen molar-refractivity contribution < 1.29 is 9.53 Å². The highest BCUT2D eigenvalue weighted by molar-refractivity contribution is 5.79. The summed E-state index contributed by atoms with van der Waals surface area (Å²) < 4.78 is 5.75. The van der Waals surface area contributed by atoms with Crippen molar-refractivity contribution in [3.8, 4) is 0 Å². The summed E-state index contributed by atoms with van der Waals surface area (Å²) in [7, 11) is 0. The van der Waals surface area contributed by atoms with Crippen LogP contribution in [0.25, 0.3) is 0 Å². The van der Waals surface area contributed by atoms with E-state index >= 15 is 0 Å². The Morgan fingerprint density at radius 3 is 2.68 bits per heavy atom. The van der Waals surface area contributed by atoms with E-state index in [-0.39, 0.29) is 17.9 Å². The van der Waals surface area contributed by atoms with Gasteiger partial charge in [0.25, 0.3) is 0 Å². The van der Waals surface area contributed by atoms with Crippen LogP contribution in [0.5, 0.6) is 0 Å². The number of nitrogens with two attached hydrogens (primary N) is 1. The van der Waals surface area contributed by atoms with Gasteiger partial charge >= 0.3 is 0 Å². The molecular formula is C15H28N2O2. The smallest absolute Gasteiger partial charge is 0.223 e. The molecule has 2 aliphatic carbocycles. The second-order valence-electron chi connectivity index (χ2n) is 6.23. The summed E-state index contributed by atoms with van der Waals surface area (Å²) >= 11 is 0. The van der Waals surface area contributed by atoms with E-state index < -0.39 is 0 Å². The maximum atomic E-state index is 12.1. The third-order valence-electron chi connectivity index (χ3n) is 4.60. The van der Waals surface area contributed by atoms with Crippen LogP contribution >= 0.6 is 0 Å². The van der Waals surface area contributed by atoms with E-state index in [0.29, 0.717) is 25.2 Å². The summed E-state index contributed by atoms with van der Waals surface area (Å²) in [6.45, 7) is 3.43. The number of carbonyl (C=O) groups excluding carboxylic acids is 1. The van der Waals surface area contributed by atoms with Gasteiger partial charge in [-0.25, -0.2) is 0 Å². The molecule has 19 heavy (non-hydrogen) atoms. The van der Waals surface area contributed by atoms with Crippen LogP contribution in [0.3, 0.4) is 0 Å². The Kier molecular flexibility index (Phi) is 5.64. The van der Waals surface area contributed by atoms with Crippen molar-refractivity contribution in [2.45, 2.75) is 64.0 Å². The molecule has 0 aromatic rings. The fraction of sp³-hybridized carbons (Fsp3) is 0.933. The van der Waals surface area contributed by atoms with E-state index in [1.54, 1.807) is 0 Å². The van der Waals surface area contributed by atoms with Gasteiger partial charge in [-0.2, -0.15) is 0 Å². The molecule has 0 spiro atoms. The van der Waals surface area contributed by atoms with Crippen molar-refractivity contribution in [1.29, 1.82) is 0 Å². The van der Waals surface area contributed by atoms with Crippen LogP contribution in [-0.4, -0.2) is 31.2 Å². The Morgan fingerprint density at radius 1 is 1.26 bits per heavy atom. The molecule has 0 bridgehead atoms. The molecule has 0 heterocycles. The molecule has 110 valence electrons. The van der Waals surface area contributed by atoms with Crippen LogP contribution in [0.2, 0.25) is 0 Å². The van der Waals surface area contributed by atoms with E-state index in [0.717, 1.165) is 19.3 Å². The molecule has 2 rings (SSSR count). The average molecular weight is 268 g/mol. The van der Waals surface area contributed by atoms with Crippen molar-refractivity contribution in [1.82, 2.24) is 5.32 Å². The lowest BCUT2D eigenvalue weighted by molar-refractivity contribution is -0.128. The number of ether oxygens (including phenoxy) is 1. The van der Waals surface area contributed by atoms with Crippen molar-refractivity contribution in [3.05, 3.63) is 0 Å². The lowest BCUT2D eigenvalue weighted by Crippen LogP contribution is -2.41. The van der Waals surface area contributed by atoms with Gasteiger partial charge < -0.3 is 15.8 Å². The Balaban J connectivity index is 1.61. The number of rotatable bonds is 5. The first-order valence-electron chi connectivity index (χ1n) is 7.81. The minimum atomic E-state index is 0.145. The first-order chi connectivity index (χ1) is 9.16. The number of amides is 1. The zero-order chi connectivity index (χ0) is 13.7. The molecule has 0 aromatic heterocycles. The molecule has 3 atom stereocenters. The van der Waals surface area contributed by atoms with Crippen LogP contribution in [0.4, 0.5) is 0 Å². The number of hydrogen-bond acceptors (Lipinski definition) is 3. The average Bonchev–Trinajstić information content (AvgIpc) is 2.87. The fourth-order valence-corrected chi connectivity index (χ4v) is 3.41. The molecule has 3 unspecified atom stereocenters. The predicted octanol–water partition coefficient (Wildman–Crippen LogP) is 1.83. The van der Waals surface area contributed by atoms with Gasteiger partial charge in [0.2, 0.25) is 5.91 Å². The molecule has 4 nitrogen and oxygen atoms in total. The second kappa shape index (κ2) is 7.25. The SMILES string of the molecule is CC1CC(N)CCC1C(=O)NCCOC1CCCC1. The maximum Gasteiger partial charge on any atom is 0.223 e. The van der Waals surface area contributed by atoms with Gasteiger partial charge in [0.05, 0.1) is 12.7 Å². The molecular weight excluding hydrogens is 240 g/mol. The number of carbonyl (C=O) groups is 1. The van der Waals surface area contributed by atoms with E-state index in [9.17, 15) is 4.79 Å².